The minimum atomic E-state index is -0.0179. The monoisotopic (exact) mass is 254 g/mol. The van der Waals surface area contributed by atoms with Gasteiger partial charge in [-0.2, -0.15) is 0 Å². The van der Waals surface area contributed by atoms with Crippen molar-refractivity contribution < 1.29 is 9.47 Å². The highest BCUT2D eigenvalue weighted by Crippen LogP contribution is 2.17. The van der Waals surface area contributed by atoms with Gasteiger partial charge in [0.1, 0.15) is 17.5 Å². The molecule has 6 heteroatoms. The van der Waals surface area contributed by atoms with Gasteiger partial charge in [0.05, 0.1) is 12.7 Å². The summed E-state index contributed by atoms with van der Waals surface area (Å²) in [6.07, 6.45) is 0.737. The predicted octanol–water partition coefficient (Wildman–Crippen LogP) is 1.00. The zero-order chi connectivity index (χ0) is 13.5. The lowest BCUT2D eigenvalue weighted by molar-refractivity contribution is 0.0365. The van der Waals surface area contributed by atoms with Gasteiger partial charge < -0.3 is 20.5 Å². The fourth-order valence-electron chi connectivity index (χ4n) is 1.52. The van der Waals surface area contributed by atoms with E-state index in [1.54, 1.807) is 14.2 Å². The Bertz CT molecular complexity index is 385. The number of nitrogen functional groups attached to an aromatic ring is 1. The summed E-state index contributed by atoms with van der Waals surface area (Å²) in [7, 11) is 3.30. The number of nitrogens with one attached hydrogen (secondary N) is 1. The Labute approximate surface area is 108 Å². The van der Waals surface area contributed by atoms with Crippen LogP contribution in [-0.2, 0) is 15.9 Å². The van der Waals surface area contributed by atoms with Crippen LogP contribution < -0.4 is 11.1 Å². The molecule has 0 aliphatic heterocycles. The van der Waals surface area contributed by atoms with Gasteiger partial charge in [-0.1, -0.05) is 6.92 Å². The number of anilines is 2. The molecule has 0 aliphatic carbocycles. The van der Waals surface area contributed by atoms with Crippen molar-refractivity contribution in [1.29, 1.82) is 0 Å². The van der Waals surface area contributed by atoms with Crippen molar-refractivity contribution in [3.8, 4) is 0 Å². The van der Waals surface area contributed by atoms with Crippen LogP contribution in [0.25, 0.3) is 0 Å². The van der Waals surface area contributed by atoms with E-state index in [4.69, 9.17) is 15.2 Å². The SMILES string of the molecule is CCc1nc(N)c(C)c(NCC(COC)OC)n1. The van der Waals surface area contributed by atoms with Crippen molar-refractivity contribution in [3.05, 3.63) is 11.4 Å². The van der Waals surface area contributed by atoms with Gasteiger partial charge in [-0.25, -0.2) is 9.97 Å². The third-order valence-corrected chi connectivity index (χ3v) is 2.73. The molecule has 0 fully saturated rings. The second-order valence-electron chi connectivity index (χ2n) is 4.05. The van der Waals surface area contributed by atoms with Crippen molar-refractivity contribution in [3.63, 3.8) is 0 Å². The normalized spacial score (nSPS) is 12.4. The third kappa shape index (κ3) is 3.82. The zero-order valence-corrected chi connectivity index (χ0v) is 11.5. The Morgan fingerprint density at radius 1 is 1.33 bits per heavy atom. The van der Waals surface area contributed by atoms with Crippen LogP contribution in [0.3, 0.4) is 0 Å². The highest BCUT2D eigenvalue weighted by Gasteiger charge is 2.11. The molecule has 0 aliphatic rings. The van der Waals surface area contributed by atoms with Crippen LogP contribution in [0, 0.1) is 6.92 Å². The maximum atomic E-state index is 5.85. The van der Waals surface area contributed by atoms with E-state index in [2.05, 4.69) is 15.3 Å². The van der Waals surface area contributed by atoms with Gasteiger partial charge >= 0.3 is 0 Å². The van der Waals surface area contributed by atoms with Crippen LogP contribution in [0.15, 0.2) is 0 Å². The first-order valence-electron chi connectivity index (χ1n) is 6.00. The summed E-state index contributed by atoms with van der Waals surface area (Å²) in [5.41, 5.74) is 6.71. The topological polar surface area (TPSA) is 82.3 Å². The van der Waals surface area contributed by atoms with Gasteiger partial charge in [0, 0.05) is 32.7 Å². The van der Waals surface area contributed by atoms with E-state index in [0.29, 0.717) is 19.0 Å². The molecule has 0 radical (unpaired) electrons. The van der Waals surface area contributed by atoms with Gasteiger partial charge in [0.15, 0.2) is 0 Å². The Kier molecular flexibility index (Phi) is 5.80. The second kappa shape index (κ2) is 7.13. The molecule has 1 aromatic rings. The van der Waals surface area contributed by atoms with E-state index in [-0.39, 0.29) is 6.10 Å². The fourth-order valence-corrected chi connectivity index (χ4v) is 1.52. The lowest BCUT2D eigenvalue weighted by Crippen LogP contribution is -2.27. The zero-order valence-electron chi connectivity index (χ0n) is 11.5. The molecule has 1 rings (SSSR count). The minimum Gasteiger partial charge on any atom is -0.383 e. The van der Waals surface area contributed by atoms with Crippen LogP contribution in [0.5, 0.6) is 0 Å². The molecule has 0 amide bonds. The van der Waals surface area contributed by atoms with Crippen LogP contribution in [0.1, 0.15) is 18.3 Å². The van der Waals surface area contributed by atoms with E-state index in [1.807, 2.05) is 13.8 Å². The van der Waals surface area contributed by atoms with E-state index < -0.39 is 0 Å². The lowest BCUT2D eigenvalue weighted by atomic mass is 10.3. The first-order valence-corrected chi connectivity index (χ1v) is 6.00. The Morgan fingerprint density at radius 3 is 2.61 bits per heavy atom. The lowest BCUT2D eigenvalue weighted by Gasteiger charge is -2.17. The number of aryl methyl sites for hydroxylation is 1. The Hall–Kier alpha value is -1.40. The summed E-state index contributed by atoms with van der Waals surface area (Å²) in [5, 5.41) is 3.23. The molecule has 0 saturated carbocycles. The summed E-state index contributed by atoms with van der Waals surface area (Å²) >= 11 is 0. The minimum absolute atomic E-state index is 0.0179. The maximum Gasteiger partial charge on any atom is 0.134 e. The molecule has 1 aromatic heterocycles. The summed E-state index contributed by atoms with van der Waals surface area (Å²) < 4.78 is 10.3. The Balaban J connectivity index is 2.74. The van der Waals surface area contributed by atoms with Crippen LogP contribution in [-0.4, -0.2) is 43.4 Å². The van der Waals surface area contributed by atoms with Gasteiger partial charge in [-0.15, -0.1) is 0 Å². The first kappa shape index (κ1) is 14.7. The highest BCUT2D eigenvalue weighted by molar-refractivity contribution is 5.54. The third-order valence-electron chi connectivity index (χ3n) is 2.73. The Morgan fingerprint density at radius 2 is 2.06 bits per heavy atom. The molecular weight excluding hydrogens is 232 g/mol. The average Bonchev–Trinajstić information content (AvgIpc) is 2.38. The molecule has 3 N–H and O–H groups in total. The van der Waals surface area contributed by atoms with Crippen LogP contribution >= 0.6 is 0 Å². The number of aromatic nitrogens is 2. The van der Waals surface area contributed by atoms with Crippen LogP contribution in [0.2, 0.25) is 0 Å². The molecule has 6 nitrogen and oxygen atoms in total. The van der Waals surface area contributed by atoms with Gasteiger partial charge in [0.25, 0.3) is 0 Å². The molecule has 0 bridgehead atoms. The first-order chi connectivity index (χ1) is 8.62. The van der Waals surface area contributed by atoms with E-state index >= 15 is 0 Å². The van der Waals surface area contributed by atoms with Gasteiger partial charge in [-0.05, 0) is 6.92 Å². The second-order valence-corrected chi connectivity index (χ2v) is 4.05. The van der Waals surface area contributed by atoms with Crippen molar-refractivity contribution in [2.45, 2.75) is 26.4 Å². The largest absolute Gasteiger partial charge is 0.383 e. The summed E-state index contributed by atoms with van der Waals surface area (Å²) in [6, 6.07) is 0. The van der Waals surface area contributed by atoms with Gasteiger partial charge in [-0.3, -0.25) is 0 Å². The number of nitrogens with two attached hydrogens (primary N) is 1. The summed E-state index contributed by atoms with van der Waals surface area (Å²) in [6.45, 7) is 5.04. The fraction of sp³-hybridized carbons (Fsp3) is 0.667. The summed E-state index contributed by atoms with van der Waals surface area (Å²) in [4.78, 5) is 8.63. The van der Waals surface area contributed by atoms with Crippen molar-refractivity contribution in [2.24, 2.45) is 0 Å². The van der Waals surface area contributed by atoms with E-state index in [9.17, 15) is 0 Å². The van der Waals surface area contributed by atoms with E-state index in [0.717, 1.165) is 23.6 Å². The number of hydrogen-bond donors (Lipinski definition) is 2. The summed E-state index contributed by atoms with van der Waals surface area (Å²) in [5.74, 6) is 2.02. The number of rotatable bonds is 7. The average molecular weight is 254 g/mol. The molecule has 102 valence electrons. The smallest absolute Gasteiger partial charge is 0.134 e. The quantitative estimate of drug-likeness (QED) is 0.755. The predicted molar refractivity (Wildman–Crippen MR) is 71.7 cm³/mol. The number of nitrogens with zero attached hydrogens (tertiary/aromatic N) is 2. The highest BCUT2D eigenvalue weighted by atomic mass is 16.5. The molecule has 0 aromatic carbocycles. The van der Waals surface area contributed by atoms with Crippen molar-refractivity contribution >= 4 is 11.6 Å². The molecular formula is C12H22N4O2. The molecule has 1 atom stereocenters. The number of ether oxygens (including phenoxy) is 2. The van der Waals surface area contributed by atoms with E-state index in [1.165, 1.54) is 0 Å². The van der Waals surface area contributed by atoms with Crippen molar-refractivity contribution in [1.82, 2.24) is 9.97 Å². The molecule has 1 heterocycles. The maximum absolute atomic E-state index is 5.85. The number of methoxy groups -OCH3 is 2. The standard InChI is InChI=1S/C12H22N4O2/c1-5-10-15-11(13)8(2)12(16-10)14-6-9(18-4)7-17-3/h9H,5-7H2,1-4H3,(H3,13,14,15,16). The molecule has 1 unspecified atom stereocenters. The van der Waals surface area contributed by atoms with Gasteiger partial charge in [0.2, 0.25) is 0 Å². The molecule has 0 saturated heterocycles. The number of hydrogen-bond acceptors (Lipinski definition) is 6. The molecule has 18 heavy (non-hydrogen) atoms. The van der Waals surface area contributed by atoms with Crippen LogP contribution in [0.4, 0.5) is 11.6 Å². The van der Waals surface area contributed by atoms with Crippen molar-refractivity contribution in [2.75, 3.05) is 38.4 Å². The molecule has 0 spiro atoms.